The largest absolute Gasteiger partial charge is 0.416 e. The van der Waals surface area contributed by atoms with Crippen LogP contribution in [0.25, 0.3) is 0 Å². The topological polar surface area (TPSA) is 113 Å². The number of imide groups is 1. The van der Waals surface area contributed by atoms with Crippen LogP contribution in [0, 0.1) is 0 Å². The summed E-state index contributed by atoms with van der Waals surface area (Å²) in [5.74, 6) is -3.82. The number of carbonyl (C=O) groups is 3. The Labute approximate surface area is 159 Å². The molecule has 0 spiro atoms. The number of hydrazine groups is 1. The fraction of sp³-hybridized carbons (Fsp3) is 0.438. The monoisotopic (exact) mass is 421 g/mol. The summed E-state index contributed by atoms with van der Waals surface area (Å²) < 4.78 is 62.4. The number of benzene rings is 1. The summed E-state index contributed by atoms with van der Waals surface area (Å²) in [5.41, 5.74) is -0.456. The van der Waals surface area contributed by atoms with Crippen molar-refractivity contribution < 1.29 is 36.0 Å². The van der Waals surface area contributed by atoms with Gasteiger partial charge in [-0.1, -0.05) is 25.1 Å². The molecular weight excluding hydrogens is 403 g/mol. The van der Waals surface area contributed by atoms with E-state index in [2.05, 4.69) is 5.32 Å². The number of sulfone groups is 1. The molecule has 28 heavy (non-hydrogen) atoms. The quantitative estimate of drug-likeness (QED) is 0.674. The second-order valence-electron chi connectivity index (χ2n) is 6.52. The van der Waals surface area contributed by atoms with Gasteiger partial charge in [-0.25, -0.2) is 13.2 Å². The van der Waals surface area contributed by atoms with E-state index in [-0.39, 0.29) is 12.0 Å². The predicted molar refractivity (Wildman–Crippen MR) is 91.2 cm³/mol. The summed E-state index contributed by atoms with van der Waals surface area (Å²) in [6.07, 6.45) is -4.38. The third-order valence-corrected chi connectivity index (χ3v) is 5.67. The van der Waals surface area contributed by atoms with Crippen LogP contribution in [0.15, 0.2) is 24.3 Å². The highest BCUT2D eigenvalue weighted by atomic mass is 32.2. The second kappa shape index (κ2) is 7.41. The Kier molecular flexibility index (Phi) is 5.74. The Balaban J connectivity index is 2.06. The van der Waals surface area contributed by atoms with Gasteiger partial charge in [-0.3, -0.25) is 15.0 Å². The molecule has 0 unspecified atom stereocenters. The number of amides is 4. The van der Waals surface area contributed by atoms with Crippen LogP contribution >= 0.6 is 0 Å². The Bertz CT molecular complexity index is 916. The van der Waals surface area contributed by atoms with Crippen molar-refractivity contribution in [1.29, 1.82) is 0 Å². The molecule has 1 aliphatic heterocycles. The average Bonchev–Trinajstić information content (AvgIpc) is 2.77. The molecule has 0 aromatic heterocycles. The first-order chi connectivity index (χ1) is 12.8. The molecular formula is C16H18F3N3O5S. The second-order valence-corrected chi connectivity index (χ2v) is 8.59. The van der Waals surface area contributed by atoms with Crippen LogP contribution in [0.4, 0.5) is 18.0 Å². The van der Waals surface area contributed by atoms with Gasteiger partial charge in [0.1, 0.15) is 11.3 Å². The molecule has 0 radical (unpaired) electrons. The van der Waals surface area contributed by atoms with Crippen LogP contribution in [0.5, 0.6) is 0 Å². The van der Waals surface area contributed by atoms with E-state index < -0.39 is 56.5 Å². The van der Waals surface area contributed by atoms with Gasteiger partial charge >= 0.3 is 12.2 Å². The van der Waals surface area contributed by atoms with Gasteiger partial charge in [0.2, 0.25) is 0 Å². The van der Waals surface area contributed by atoms with Crippen LogP contribution in [-0.4, -0.2) is 42.6 Å². The minimum absolute atomic E-state index is 0.142. The molecule has 2 N–H and O–H groups in total. The first-order valence-electron chi connectivity index (χ1n) is 8.10. The van der Waals surface area contributed by atoms with E-state index in [0.29, 0.717) is 11.1 Å². The van der Waals surface area contributed by atoms with E-state index in [4.69, 9.17) is 0 Å². The molecule has 1 aromatic rings. The maximum atomic E-state index is 12.7. The van der Waals surface area contributed by atoms with E-state index in [0.717, 1.165) is 12.1 Å². The summed E-state index contributed by atoms with van der Waals surface area (Å²) in [6.45, 7) is 3.09. The highest BCUT2D eigenvalue weighted by Gasteiger charge is 2.47. The fourth-order valence-corrected chi connectivity index (χ4v) is 3.78. The zero-order chi connectivity index (χ0) is 21.3. The Morgan fingerprint density at radius 1 is 1.29 bits per heavy atom. The molecule has 1 aromatic carbocycles. The molecule has 1 fully saturated rings. The molecule has 2 rings (SSSR count). The van der Waals surface area contributed by atoms with Crippen molar-refractivity contribution >= 4 is 27.7 Å². The molecule has 12 heteroatoms. The number of nitrogens with one attached hydrogen (secondary N) is 2. The lowest BCUT2D eigenvalue weighted by molar-refractivity contribution is -0.138. The average molecular weight is 421 g/mol. The van der Waals surface area contributed by atoms with Gasteiger partial charge in [-0.15, -0.1) is 0 Å². The number of hydrogen-bond donors (Lipinski definition) is 2. The highest BCUT2D eigenvalue weighted by molar-refractivity contribution is 7.91. The van der Waals surface area contributed by atoms with Crippen molar-refractivity contribution in [2.24, 2.45) is 0 Å². The van der Waals surface area contributed by atoms with Crippen LogP contribution in [-0.2, 0) is 31.4 Å². The zero-order valence-electron chi connectivity index (χ0n) is 15.0. The Morgan fingerprint density at radius 3 is 2.46 bits per heavy atom. The molecule has 0 saturated carbocycles. The molecule has 0 aliphatic carbocycles. The van der Waals surface area contributed by atoms with Crippen LogP contribution in [0.2, 0.25) is 0 Å². The fourth-order valence-electron chi connectivity index (χ4n) is 2.52. The summed E-state index contributed by atoms with van der Waals surface area (Å²) in [4.78, 5) is 35.9. The molecule has 154 valence electrons. The van der Waals surface area contributed by atoms with Gasteiger partial charge in [0.25, 0.3) is 11.8 Å². The van der Waals surface area contributed by atoms with Crippen molar-refractivity contribution in [1.82, 2.24) is 15.8 Å². The molecule has 1 saturated heterocycles. The smallest absolute Gasteiger partial charge is 0.322 e. The van der Waals surface area contributed by atoms with Crippen molar-refractivity contribution in [2.75, 3.05) is 5.75 Å². The van der Waals surface area contributed by atoms with Gasteiger partial charge in [-0.05, 0) is 25.0 Å². The number of hydrogen-bond acceptors (Lipinski definition) is 5. The summed E-state index contributed by atoms with van der Waals surface area (Å²) in [5, 5.41) is 2.77. The van der Waals surface area contributed by atoms with Crippen molar-refractivity contribution in [2.45, 2.75) is 37.7 Å². The van der Waals surface area contributed by atoms with Crippen LogP contribution in [0.1, 0.15) is 31.4 Å². The van der Waals surface area contributed by atoms with Crippen molar-refractivity contribution in [3.63, 3.8) is 0 Å². The molecule has 8 nitrogen and oxygen atoms in total. The first kappa shape index (κ1) is 21.7. The molecule has 4 amide bonds. The maximum absolute atomic E-state index is 12.7. The number of urea groups is 1. The lowest BCUT2D eigenvalue weighted by Gasteiger charge is -2.19. The zero-order valence-corrected chi connectivity index (χ0v) is 15.8. The van der Waals surface area contributed by atoms with Gasteiger partial charge in [0.05, 0.1) is 11.3 Å². The van der Waals surface area contributed by atoms with E-state index >= 15 is 0 Å². The summed E-state index contributed by atoms with van der Waals surface area (Å²) in [7, 11) is -4.16. The standard InChI is InChI=1S/C16H18F3N3O5S/c1-3-15(2)13(24)22(14(25)20-15)21-12(23)9-28(26,27)8-10-5-4-6-11(7-10)16(17,18)19/h4-7H,3,8-9H2,1-2H3,(H,20,25)(H,21,23)/t15-/m0/s1. The summed E-state index contributed by atoms with van der Waals surface area (Å²) in [6, 6.07) is 2.82. The molecule has 1 heterocycles. The van der Waals surface area contributed by atoms with Crippen LogP contribution < -0.4 is 10.7 Å². The number of rotatable bonds is 6. The molecule has 1 atom stereocenters. The normalized spacial score (nSPS) is 20.2. The third kappa shape index (κ3) is 4.80. The SMILES string of the molecule is CC[C@]1(C)NC(=O)N(NC(=O)CS(=O)(=O)Cc2cccc(C(F)(F)F)c2)C1=O. The molecule has 1 aliphatic rings. The van der Waals surface area contributed by atoms with Gasteiger partial charge in [0.15, 0.2) is 9.84 Å². The highest BCUT2D eigenvalue weighted by Crippen LogP contribution is 2.29. The number of halogens is 3. The van der Waals surface area contributed by atoms with Crippen molar-refractivity contribution in [3.8, 4) is 0 Å². The van der Waals surface area contributed by atoms with Gasteiger partial charge in [0, 0.05) is 0 Å². The Morgan fingerprint density at radius 2 is 1.93 bits per heavy atom. The van der Waals surface area contributed by atoms with E-state index in [9.17, 15) is 36.0 Å². The van der Waals surface area contributed by atoms with E-state index in [1.54, 1.807) is 6.92 Å². The van der Waals surface area contributed by atoms with Gasteiger partial charge in [-0.2, -0.15) is 18.2 Å². The lowest BCUT2D eigenvalue weighted by atomic mass is 10.00. The molecule has 0 bridgehead atoms. The van der Waals surface area contributed by atoms with Crippen molar-refractivity contribution in [3.05, 3.63) is 35.4 Å². The predicted octanol–water partition coefficient (Wildman–Crippen LogP) is 1.37. The van der Waals surface area contributed by atoms with E-state index in [1.807, 2.05) is 5.43 Å². The minimum atomic E-state index is -4.63. The third-order valence-electron chi connectivity index (χ3n) is 4.20. The number of carbonyl (C=O) groups excluding carboxylic acids is 3. The maximum Gasteiger partial charge on any atom is 0.416 e. The summed E-state index contributed by atoms with van der Waals surface area (Å²) >= 11 is 0. The van der Waals surface area contributed by atoms with Gasteiger partial charge < -0.3 is 5.32 Å². The van der Waals surface area contributed by atoms with Crippen LogP contribution in [0.3, 0.4) is 0 Å². The Hall–Kier alpha value is -2.63. The number of alkyl halides is 3. The first-order valence-corrected chi connectivity index (χ1v) is 9.92. The number of nitrogens with zero attached hydrogens (tertiary/aromatic N) is 1. The minimum Gasteiger partial charge on any atom is -0.322 e. The van der Waals surface area contributed by atoms with E-state index in [1.165, 1.54) is 13.0 Å². The lowest BCUT2D eigenvalue weighted by Crippen LogP contribution is -2.50.